The predicted octanol–water partition coefficient (Wildman–Crippen LogP) is -1.05. The molecule has 24 heavy (non-hydrogen) atoms. The van der Waals surface area contributed by atoms with E-state index >= 15 is 0 Å². The molecule has 1 heterocycles. The van der Waals surface area contributed by atoms with E-state index < -0.39 is 23.1 Å². The van der Waals surface area contributed by atoms with Gasteiger partial charge in [0.25, 0.3) is 0 Å². The number of amides is 2. The Bertz CT molecular complexity index is 740. The Morgan fingerprint density at radius 1 is 0.875 bits per heavy atom. The van der Waals surface area contributed by atoms with Crippen molar-refractivity contribution in [3.05, 3.63) is 29.3 Å². The van der Waals surface area contributed by atoms with Crippen LogP contribution in [0, 0.1) is 23.7 Å². The van der Waals surface area contributed by atoms with Crippen LogP contribution in [-0.2, 0) is 9.59 Å². The number of carboxylic acids is 2. The van der Waals surface area contributed by atoms with Crippen molar-refractivity contribution in [1.82, 2.24) is 0 Å². The summed E-state index contributed by atoms with van der Waals surface area (Å²) in [5, 5.41) is 22.2. The molecule has 3 aliphatic rings. The molecule has 4 rings (SSSR count). The molecule has 7 nitrogen and oxygen atoms in total. The molecule has 0 aromatic heterocycles. The lowest BCUT2D eigenvalue weighted by Gasteiger charge is -2.20. The number of hydrogen-bond acceptors (Lipinski definition) is 6. The van der Waals surface area contributed by atoms with Crippen molar-refractivity contribution in [2.75, 3.05) is 4.90 Å². The minimum Gasteiger partial charge on any atom is -0.545 e. The maximum Gasteiger partial charge on any atom is 0.237 e. The van der Waals surface area contributed by atoms with Gasteiger partial charge in [-0.3, -0.25) is 9.59 Å². The number of benzene rings is 1. The number of nitrogens with zero attached hydrogens (tertiary/aromatic N) is 1. The third-order valence-corrected chi connectivity index (χ3v) is 5.57. The van der Waals surface area contributed by atoms with Crippen LogP contribution in [0.25, 0.3) is 0 Å². The molecule has 1 aromatic carbocycles. The van der Waals surface area contributed by atoms with Crippen LogP contribution in [-0.4, -0.2) is 23.8 Å². The summed E-state index contributed by atoms with van der Waals surface area (Å²) < 4.78 is 0. The van der Waals surface area contributed by atoms with Gasteiger partial charge in [-0.2, -0.15) is 0 Å². The Kier molecular flexibility index (Phi) is 3.03. The number of aromatic carboxylic acids is 2. The number of hydrogen-bond donors (Lipinski definition) is 0. The number of rotatable bonds is 3. The van der Waals surface area contributed by atoms with Gasteiger partial charge >= 0.3 is 0 Å². The zero-order valence-electron chi connectivity index (χ0n) is 12.6. The van der Waals surface area contributed by atoms with Crippen molar-refractivity contribution in [1.29, 1.82) is 0 Å². The molecule has 0 spiro atoms. The number of anilines is 1. The molecule has 2 aliphatic carbocycles. The zero-order valence-corrected chi connectivity index (χ0v) is 12.6. The van der Waals surface area contributed by atoms with Crippen LogP contribution >= 0.6 is 0 Å². The highest BCUT2D eigenvalue weighted by Crippen LogP contribution is 2.56. The number of fused-ring (bicyclic) bond motifs is 5. The van der Waals surface area contributed by atoms with Crippen LogP contribution in [0.1, 0.15) is 40.0 Å². The second kappa shape index (κ2) is 4.90. The monoisotopic (exact) mass is 327 g/mol. The second-order valence-corrected chi connectivity index (χ2v) is 6.74. The van der Waals surface area contributed by atoms with Gasteiger partial charge in [0.2, 0.25) is 11.8 Å². The highest BCUT2D eigenvalue weighted by Gasteiger charge is 2.61. The van der Waals surface area contributed by atoms with E-state index in [0.717, 1.165) is 42.4 Å². The Labute approximate surface area is 136 Å². The standard InChI is InChI=1S/C17H15NO6/c19-14-12-7-1-2-8(3-7)13(12)15(20)18(14)11-5-9(16(21)22)4-10(6-11)17(23)24/h4-8,12-13H,1-3H2,(H,21,22)(H,23,24)/p-2/t7-,8+,12-,13-/m0/s1. The average molecular weight is 327 g/mol. The van der Waals surface area contributed by atoms with E-state index in [0.29, 0.717) is 0 Å². The summed E-state index contributed by atoms with van der Waals surface area (Å²) in [6.45, 7) is 0. The fourth-order valence-corrected chi connectivity index (χ4v) is 4.64. The number of carbonyl (C=O) groups excluding carboxylic acids is 4. The lowest BCUT2D eigenvalue weighted by atomic mass is 9.81. The summed E-state index contributed by atoms with van der Waals surface area (Å²) in [4.78, 5) is 48.6. The number of carbonyl (C=O) groups is 4. The quantitative estimate of drug-likeness (QED) is 0.654. The van der Waals surface area contributed by atoms with Crippen LogP contribution < -0.4 is 15.1 Å². The average Bonchev–Trinajstić information content (AvgIpc) is 3.21. The van der Waals surface area contributed by atoms with Crippen molar-refractivity contribution in [2.45, 2.75) is 19.3 Å². The molecule has 2 bridgehead atoms. The summed E-state index contributed by atoms with van der Waals surface area (Å²) in [7, 11) is 0. The molecule has 7 heteroatoms. The fraction of sp³-hybridized carbons (Fsp3) is 0.412. The third-order valence-electron chi connectivity index (χ3n) is 5.57. The van der Waals surface area contributed by atoms with Crippen molar-refractivity contribution < 1.29 is 29.4 Å². The summed E-state index contributed by atoms with van der Waals surface area (Å²) >= 11 is 0. The molecule has 1 saturated heterocycles. The van der Waals surface area contributed by atoms with Crippen molar-refractivity contribution in [2.24, 2.45) is 23.7 Å². The Hall–Kier alpha value is -2.70. The van der Waals surface area contributed by atoms with Gasteiger partial charge in [-0.05, 0) is 60.4 Å². The predicted molar refractivity (Wildman–Crippen MR) is 75.4 cm³/mol. The summed E-state index contributed by atoms with van der Waals surface area (Å²) in [5.41, 5.74) is -0.862. The first kappa shape index (κ1) is 14.9. The molecule has 2 saturated carbocycles. The lowest BCUT2D eigenvalue weighted by Crippen LogP contribution is -2.34. The summed E-state index contributed by atoms with van der Waals surface area (Å²) in [6, 6.07) is 3.09. The Morgan fingerprint density at radius 3 is 1.75 bits per heavy atom. The first-order valence-corrected chi connectivity index (χ1v) is 7.84. The van der Waals surface area contributed by atoms with Gasteiger partial charge in [0.15, 0.2) is 0 Å². The van der Waals surface area contributed by atoms with Crippen LogP contribution in [0.3, 0.4) is 0 Å². The van der Waals surface area contributed by atoms with Gasteiger partial charge in [0, 0.05) is 0 Å². The number of imide groups is 1. The van der Waals surface area contributed by atoms with Gasteiger partial charge in [-0.1, -0.05) is 0 Å². The molecule has 0 radical (unpaired) electrons. The lowest BCUT2D eigenvalue weighted by molar-refractivity contribution is -0.255. The van der Waals surface area contributed by atoms with Crippen LogP contribution in [0.15, 0.2) is 18.2 Å². The molecular weight excluding hydrogens is 314 g/mol. The Morgan fingerprint density at radius 2 is 1.33 bits per heavy atom. The molecule has 1 aromatic rings. The first-order chi connectivity index (χ1) is 11.4. The van der Waals surface area contributed by atoms with Crippen LogP contribution in [0.5, 0.6) is 0 Å². The van der Waals surface area contributed by atoms with E-state index in [4.69, 9.17) is 0 Å². The van der Waals surface area contributed by atoms with Crippen molar-refractivity contribution >= 4 is 29.4 Å². The molecule has 0 N–H and O–H groups in total. The summed E-state index contributed by atoms with van der Waals surface area (Å²) in [5.74, 6) is -4.26. The normalized spacial score (nSPS) is 30.8. The van der Waals surface area contributed by atoms with E-state index in [1.54, 1.807) is 0 Å². The molecule has 0 unspecified atom stereocenters. The van der Waals surface area contributed by atoms with Crippen molar-refractivity contribution in [3.8, 4) is 0 Å². The molecule has 4 atom stereocenters. The van der Waals surface area contributed by atoms with E-state index in [1.165, 1.54) is 0 Å². The van der Waals surface area contributed by atoms with E-state index in [-0.39, 0.29) is 41.2 Å². The SMILES string of the molecule is O=C([O-])c1cc(C(=O)[O-])cc(N2C(=O)[C@H]3[C@@H]4CC[C@@H](C4)[C@@H]3C2=O)c1. The molecule has 124 valence electrons. The summed E-state index contributed by atoms with van der Waals surface area (Å²) in [6.07, 6.45) is 2.72. The smallest absolute Gasteiger partial charge is 0.237 e. The number of carboxylic acid groups (broad SMARTS) is 2. The zero-order chi connectivity index (χ0) is 17.2. The van der Waals surface area contributed by atoms with Crippen molar-refractivity contribution in [3.63, 3.8) is 0 Å². The van der Waals surface area contributed by atoms with Crippen LogP contribution in [0.4, 0.5) is 5.69 Å². The van der Waals surface area contributed by atoms with Gasteiger partial charge in [-0.15, -0.1) is 0 Å². The molecule has 1 aliphatic heterocycles. The highest BCUT2D eigenvalue weighted by molar-refractivity contribution is 6.23. The highest BCUT2D eigenvalue weighted by atomic mass is 16.4. The minimum absolute atomic E-state index is 0.0419. The van der Waals surface area contributed by atoms with Gasteiger partial charge in [-0.25, -0.2) is 4.90 Å². The topological polar surface area (TPSA) is 118 Å². The molecular formula is C17H13NO6-2. The maximum atomic E-state index is 12.7. The van der Waals surface area contributed by atoms with E-state index in [1.807, 2.05) is 0 Å². The fourth-order valence-electron chi connectivity index (χ4n) is 4.64. The molecule has 2 amide bonds. The Balaban J connectivity index is 1.79. The largest absolute Gasteiger partial charge is 0.545 e. The van der Waals surface area contributed by atoms with Crippen LogP contribution in [0.2, 0.25) is 0 Å². The van der Waals surface area contributed by atoms with Gasteiger partial charge in [0.05, 0.1) is 29.5 Å². The second-order valence-electron chi connectivity index (χ2n) is 6.74. The maximum absolute atomic E-state index is 12.7. The van der Waals surface area contributed by atoms with Gasteiger partial charge < -0.3 is 19.8 Å². The van der Waals surface area contributed by atoms with E-state index in [9.17, 15) is 29.4 Å². The minimum atomic E-state index is -1.58. The molecule has 3 fully saturated rings. The van der Waals surface area contributed by atoms with Gasteiger partial charge in [0.1, 0.15) is 0 Å². The first-order valence-electron chi connectivity index (χ1n) is 7.84. The van der Waals surface area contributed by atoms with E-state index in [2.05, 4.69) is 0 Å². The third kappa shape index (κ3) is 1.90.